The SMILES string of the molecule is CC(C[C@H]1CC(C)(C)Oc2c1c(=O)n(C)c1ccccc21)=C1Cc2c(c3ccccc3n(C)c2=O)O1. The first kappa shape index (κ1) is 22.7. The van der Waals surface area contributed by atoms with E-state index in [1.165, 1.54) is 0 Å². The molecule has 0 saturated heterocycles. The Labute approximate surface area is 209 Å². The molecule has 0 unspecified atom stereocenters. The zero-order chi connectivity index (χ0) is 25.4. The van der Waals surface area contributed by atoms with Crippen LogP contribution in [0.1, 0.15) is 50.7 Å². The summed E-state index contributed by atoms with van der Waals surface area (Å²) in [7, 11) is 3.63. The number of ether oxygens (including phenoxy) is 2. The predicted octanol–water partition coefficient (Wildman–Crippen LogP) is 5.33. The smallest absolute Gasteiger partial charge is 0.258 e. The number of rotatable bonds is 2. The largest absolute Gasteiger partial charge is 0.487 e. The van der Waals surface area contributed by atoms with E-state index in [-0.39, 0.29) is 17.0 Å². The zero-order valence-electron chi connectivity index (χ0n) is 21.3. The van der Waals surface area contributed by atoms with Gasteiger partial charge in [0.1, 0.15) is 22.9 Å². The monoisotopic (exact) mass is 482 g/mol. The van der Waals surface area contributed by atoms with Crippen LogP contribution >= 0.6 is 0 Å². The third-order valence-corrected chi connectivity index (χ3v) is 7.75. The normalized spacial score (nSPS) is 19.5. The van der Waals surface area contributed by atoms with Gasteiger partial charge in [0.15, 0.2) is 0 Å². The molecule has 6 nitrogen and oxygen atoms in total. The molecule has 2 aromatic carbocycles. The highest BCUT2D eigenvalue weighted by Crippen LogP contribution is 2.46. The first-order valence-corrected chi connectivity index (χ1v) is 12.4. The summed E-state index contributed by atoms with van der Waals surface area (Å²) in [5.74, 6) is 2.15. The van der Waals surface area contributed by atoms with Crippen molar-refractivity contribution in [2.75, 3.05) is 0 Å². The topological polar surface area (TPSA) is 62.5 Å². The molecule has 6 rings (SSSR count). The van der Waals surface area contributed by atoms with Crippen LogP contribution in [0.15, 0.2) is 69.5 Å². The summed E-state index contributed by atoms with van der Waals surface area (Å²) in [6.07, 6.45) is 1.85. The van der Waals surface area contributed by atoms with Crippen LogP contribution in [0.3, 0.4) is 0 Å². The molecular weight excluding hydrogens is 452 g/mol. The molecule has 0 spiro atoms. The summed E-state index contributed by atoms with van der Waals surface area (Å²) in [4.78, 5) is 26.6. The summed E-state index contributed by atoms with van der Waals surface area (Å²) in [5.41, 5.74) is 3.75. The number of pyridine rings is 2. The van der Waals surface area contributed by atoms with Crippen molar-refractivity contribution in [1.82, 2.24) is 9.13 Å². The molecule has 0 bridgehead atoms. The number of fused-ring (bicyclic) bond motifs is 6. The van der Waals surface area contributed by atoms with E-state index in [0.717, 1.165) is 45.1 Å². The van der Waals surface area contributed by atoms with Crippen molar-refractivity contribution in [3.8, 4) is 11.5 Å². The number of hydrogen-bond donors (Lipinski definition) is 0. The van der Waals surface area contributed by atoms with Crippen LogP contribution in [0.2, 0.25) is 0 Å². The van der Waals surface area contributed by atoms with E-state index in [1.807, 2.05) is 55.6 Å². The molecule has 2 aliphatic rings. The van der Waals surface area contributed by atoms with Crippen molar-refractivity contribution in [1.29, 1.82) is 0 Å². The van der Waals surface area contributed by atoms with Crippen LogP contribution in [-0.4, -0.2) is 14.7 Å². The Hall–Kier alpha value is -3.80. The Bertz CT molecular complexity index is 1720. The molecule has 4 heterocycles. The van der Waals surface area contributed by atoms with Crippen molar-refractivity contribution in [3.63, 3.8) is 0 Å². The van der Waals surface area contributed by atoms with E-state index in [2.05, 4.69) is 20.8 Å². The van der Waals surface area contributed by atoms with Crippen molar-refractivity contribution >= 4 is 21.8 Å². The van der Waals surface area contributed by atoms with E-state index in [1.54, 1.807) is 16.2 Å². The van der Waals surface area contributed by atoms with Gasteiger partial charge in [0.2, 0.25) is 0 Å². The van der Waals surface area contributed by atoms with Gasteiger partial charge in [0.25, 0.3) is 11.1 Å². The van der Waals surface area contributed by atoms with Crippen LogP contribution in [0.4, 0.5) is 0 Å². The second kappa shape index (κ2) is 7.85. The van der Waals surface area contributed by atoms with Crippen molar-refractivity contribution in [2.45, 2.75) is 51.6 Å². The first-order valence-electron chi connectivity index (χ1n) is 12.4. The Morgan fingerprint density at radius 1 is 0.917 bits per heavy atom. The van der Waals surface area contributed by atoms with Gasteiger partial charge in [-0.1, -0.05) is 24.3 Å². The lowest BCUT2D eigenvalue weighted by Gasteiger charge is -2.38. The van der Waals surface area contributed by atoms with E-state index in [0.29, 0.717) is 29.9 Å². The van der Waals surface area contributed by atoms with Gasteiger partial charge in [-0.05, 0) is 63.5 Å². The van der Waals surface area contributed by atoms with Gasteiger partial charge in [-0.3, -0.25) is 9.59 Å². The minimum absolute atomic E-state index is 0.0162. The standard InChI is InChI=1S/C30H30N2O4/c1-17(24-15-21-26(35-24)19-10-6-8-12-22(19)31(4)28(21)33)14-18-16-30(2,3)36-27-20-11-7-9-13-23(20)32(5)29(34)25(18)27/h6-13,18H,14-16H2,1-5H3/t18-/m0/s1. The van der Waals surface area contributed by atoms with Crippen LogP contribution in [0, 0.1) is 0 Å². The lowest BCUT2D eigenvalue weighted by Crippen LogP contribution is -2.39. The van der Waals surface area contributed by atoms with Gasteiger partial charge in [-0.2, -0.15) is 0 Å². The van der Waals surface area contributed by atoms with Crippen molar-refractivity contribution < 1.29 is 9.47 Å². The first-order chi connectivity index (χ1) is 17.2. The maximum Gasteiger partial charge on any atom is 0.258 e. The fourth-order valence-electron chi connectivity index (χ4n) is 5.99. The van der Waals surface area contributed by atoms with Gasteiger partial charge < -0.3 is 18.6 Å². The predicted molar refractivity (Wildman–Crippen MR) is 142 cm³/mol. The number of allylic oxidation sites excluding steroid dienone is 2. The van der Waals surface area contributed by atoms with Crippen LogP contribution in [-0.2, 0) is 20.5 Å². The lowest BCUT2D eigenvalue weighted by molar-refractivity contribution is 0.0729. The van der Waals surface area contributed by atoms with Gasteiger partial charge in [-0.15, -0.1) is 0 Å². The Morgan fingerprint density at radius 3 is 2.17 bits per heavy atom. The molecule has 0 N–H and O–H groups in total. The molecule has 4 aromatic rings. The number of hydrogen-bond acceptors (Lipinski definition) is 4. The van der Waals surface area contributed by atoms with Crippen LogP contribution in [0.5, 0.6) is 11.5 Å². The zero-order valence-corrected chi connectivity index (χ0v) is 21.3. The summed E-state index contributed by atoms with van der Waals surface area (Å²) in [6, 6.07) is 15.7. The molecule has 0 fully saturated rings. The average Bonchev–Trinajstić information content (AvgIpc) is 3.31. The van der Waals surface area contributed by atoms with Gasteiger partial charge >= 0.3 is 0 Å². The number of para-hydroxylation sites is 2. The molecule has 0 amide bonds. The number of benzene rings is 2. The molecule has 6 heteroatoms. The quantitative estimate of drug-likeness (QED) is 0.387. The number of aromatic nitrogens is 2. The molecule has 2 aliphatic heterocycles. The molecular formula is C30H30N2O4. The molecule has 0 radical (unpaired) electrons. The second-order valence-electron chi connectivity index (χ2n) is 10.8. The molecule has 0 saturated carbocycles. The lowest BCUT2D eigenvalue weighted by atomic mass is 9.80. The molecule has 36 heavy (non-hydrogen) atoms. The second-order valence-corrected chi connectivity index (χ2v) is 10.8. The number of nitrogens with zero attached hydrogens (tertiary/aromatic N) is 2. The van der Waals surface area contributed by atoms with Crippen LogP contribution in [0.25, 0.3) is 21.8 Å². The Morgan fingerprint density at radius 2 is 1.50 bits per heavy atom. The third-order valence-electron chi connectivity index (χ3n) is 7.75. The summed E-state index contributed by atoms with van der Waals surface area (Å²) in [5, 5.41) is 1.90. The fraction of sp³-hybridized carbons (Fsp3) is 0.333. The highest BCUT2D eigenvalue weighted by Gasteiger charge is 2.38. The summed E-state index contributed by atoms with van der Waals surface area (Å²) < 4.78 is 16.2. The average molecular weight is 483 g/mol. The van der Waals surface area contributed by atoms with Crippen molar-refractivity contribution in [3.05, 3.63) is 91.7 Å². The van der Waals surface area contributed by atoms with Gasteiger partial charge in [-0.25, -0.2) is 0 Å². The van der Waals surface area contributed by atoms with E-state index >= 15 is 0 Å². The van der Waals surface area contributed by atoms with E-state index in [9.17, 15) is 9.59 Å². The maximum absolute atomic E-state index is 13.6. The number of aryl methyl sites for hydroxylation is 2. The van der Waals surface area contributed by atoms with E-state index < -0.39 is 5.60 Å². The summed E-state index contributed by atoms with van der Waals surface area (Å²) >= 11 is 0. The maximum atomic E-state index is 13.6. The highest BCUT2D eigenvalue weighted by molar-refractivity contribution is 5.88. The summed E-state index contributed by atoms with van der Waals surface area (Å²) in [6.45, 7) is 6.21. The Kier molecular flexibility index (Phi) is 4.94. The molecule has 184 valence electrons. The van der Waals surface area contributed by atoms with Gasteiger partial charge in [0.05, 0.1) is 22.2 Å². The molecule has 2 aromatic heterocycles. The molecule has 0 aliphatic carbocycles. The Balaban J connectivity index is 1.45. The fourth-order valence-corrected chi connectivity index (χ4v) is 5.99. The highest BCUT2D eigenvalue weighted by atomic mass is 16.5. The minimum Gasteiger partial charge on any atom is -0.487 e. The minimum atomic E-state index is -0.413. The van der Waals surface area contributed by atoms with Gasteiger partial charge in [0, 0.05) is 37.2 Å². The van der Waals surface area contributed by atoms with E-state index in [4.69, 9.17) is 9.47 Å². The third kappa shape index (κ3) is 3.31. The van der Waals surface area contributed by atoms with Crippen molar-refractivity contribution in [2.24, 2.45) is 14.1 Å². The van der Waals surface area contributed by atoms with Crippen LogP contribution < -0.4 is 20.6 Å². The molecule has 1 atom stereocenters.